The molecule has 0 saturated carbocycles. The van der Waals surface area contributed by atoms with Gasteiger partial charge in [-0.25, -0.2) is 8.42 Å². The van der Waals surface area contributed by atoms with Crippen LogP contribution < -0.4 is 4.72 Å². The zero-order valence-corrected chi connectivity index (χ0v) is 11.2. The van der Waals surface area contributed by atoms with E-state index >= 15 is 0 Å². The van der Waals surface area contributed by atoms with E-state index in [4.69, 9.17) is 5.11 Å². The second kappa shape index (κ2) is 5.74. The molecule has 106 valence electrons. The van der Waals surface area contributed by atoms with Gasteiger partial charge in [-0.1, -0.05) is 30.3 Å². The number of nitrogens with one attached hydrogen (secondary N) is 1. The Bertz CT molecular complexity index is 695. The maximum atomic E-state index is 11.4. The summed E-state index contributed by atoms with van der Waals surface area (Å²) < 4.78 is 26.6. The summed E-state index contributed by atoms with van der Waals surface area (Å²) in [7, 11) is -3.90. The standard InChI is InChI=1S/C12H13N3O4S/c16-12(17)9-20(18,19)14-11-6-13-15(8-11)7-10-4-2-1-3-5-10/h1-6,8,14H,7,9H2,(H,16,17). The number of sulfonamides is 1. The monoisotopic (exact) mass is 295 g/mol. The van der Waals surface area contributed by atoms with Crippen molar-refractivity contribution >= 4 is 21.7 Å². The average molecular weight is 295 g/mol. The first-order valence-corrected chi connectivity index (χ1v) is 7.38. The summed E-state index contributed by atoms with van der Waals surface area (Å²) in [4.78, 5) is 10.4. The topological polar surface area (TPSA) is 101 Å². The van der Waals surface area contributed by atoms with E-state index < -0.39 is 21.7 Å². The number of hydrogen-bond acceptors (Lipinski definition) is 4. The van der Waals surface area contributed by atoms with Gasteiger partial charge in [-0.15, -0.1) is 0 Å². The van der Waals surface area contributed by atoms with Crippen molar-refractivity contribution in [1.82, 2.24) is 9.78 Å². The molecule has 0 atom stereocenters. The highest BCUT2D eigenvalue weighted by molar-refractivity contribution is 7.93. The minimum atomic E-state index is -3.90. The predicted octanol–water partition coefficient (Wildman–Crippen LogP) is 0.758. The van der Waals surface area contributed by atoms with Crippen LogP contribution in [0.3, 0.4) is 0 Å². The minimum Gasteiger partial charge on any atom is -0.480 e. The fourth-order valence-electron chi connectivity index (χ4n) is 1.65. The van der Waals surface area contributed by atoms with Crippen molar-refractivity contribution in [1.29, 1.82) is 0 Å². The minimum absolute atomic E-state index is 0.238. The summed E-state index contributed by atoms with van der Waals surface area (Å²) in [6, 6.07) is 9.55. The third-order valence-corrected chi connectivity index (χ3v) is 3.58. The highest BCUT2D eigenvalue weighted by Crippen LogP contribution is 2.09. The number of nitrogens with zero attached hydrogens (tertiary/aromatic N) is 2. The van der Waals surface area contributed by atoms with Crippen LogP contribution >= 0.6 is 0 Å². The van der Waals surface area contributed by atoms with Crippen molar-refractivity contribution in [3.63, 3.8) is 0 Å². The Labute approximate surface area is 115 Å². The van der Waals surface area contributed by atoms with E-state index in [-0.39, 0.29) is 5.69 Å². The normalized spacial score (nSPS) is 11.2. The lowest BCUT2D eigenvalue weighted by molar-refractivity contribution is -0.134. The Morgan fingerprint density at radius 3 is 2.65 bits per heavy atom. The van der Waals surface area contributed by atoms with Crippen molar-refractivity contribution < 1.29 is 18.3 Å². The van der Waals surface area contributed by atoms with Crippen molar-refractivity contribution in [2.75, 3.05) is 10.5 Å². The quantitative estimate of drug-likeness (QED) is 0.819. The molecule has 0 spiro atoms. The van der Waals surface area contributed by atoms with E-state index in [1.54, 1.807) is 4.68 Å². The molecule has 0 fully saturated rings. The smallest absolute Gasteiger partial charge is 0.320 e. The van der Waals surface area contributed by atoms with Gasteiger partial charge in [0.1, 0.15) is 0 Å². The summed E-state index contributed by atoms with van der Waals surface area (Å²) in [5.41, 5.74) is 1.26. The Kier molecular flexibility index (Phi) is 4.04. The highest BCUT2D eigenvalue weighted by atomic mass is 32.2. The van der Waals surface area contributed by atoms with Crippen molar-refractivity contribution in [2.24, 2.45) is 0 Å². The molecule has 8 heteroatoms. The Balaban J connectivity index is 2.04. The van der Waals surface area contributed by atoms with Gasteiger partial charge >= 0.3 is 5.97 Å². The molecule has 2 aromatic rings. The number of aromatic nitrogens is 2. The first-order valence-electron chi connectivity index (χ1n) is 5.73. The second-order valence-corrected chi connectivity index (χ2v) is 5.89. The number of carboxylic acid groups (broad SMARTS) is 1. The third-order valence-electron chi connectivity index (χ3n) is 2.41. The maximum absolute atomic E-state index is 11.4. The first-order chi connectivity index (χ1) is 9.44. The molecule has 2 N–H and O–H groups in total. The van der Waals surface area contributed by atoms with Gasteiger partial charge in [0, 0.05) is 6.20 Å². The van der Waals surface area contributed by atoms with Crippen LogP contribution in [0.4, 0.5) is 5.69 Å². The van der Waals surface area contributed by atoms with Crippen LogP contribution in [-0.2, 0) is 21.4 Å². The van der Waals surface area contributed by atoms with E-state index in [0.717, 1.165) is 5.56 Å². The molecule has 0 aliphatic heterocycles. The highest BCUT2D eigenvalue weighted by Gasteiger charge is 2.16. The molecule has 1 heterocycles. The van der Waals surface area contributed by atoms with Crippen LogP contribution in [0, 0.1) is 0 Å². The number of carboxylic acids is 1. The lowest BCUT2D eigenvalue weighted by atomic mass is 10.2. The molecule has 0 radical (unpaired) electrons. The van der Waals surface area contributed by atoms with Crippen LogP contribution in [0.2, 0.25) is 0 Å². The van der Waals surface area contributed by atoms with Crippen LogP contribution in [0.15, 0.2) is 42.7 Å². The van der Waals surface area contributed by atoms with Gasteiger partial charge in [-0.05, 0) is 5.56 Å². The SMILES string of the molecule is O=C(O)CS(=O)(=O)Nc1cnn(Cc2ccccc2)c1. The number of carbonyl (C=O) groups is 1. The van der Waals surface area contributed by atoms with Crippen LogP contribution in [0.1, 0.15) is 5.56 Å². The van der Waals surface area contributed by atoms with E-state index in [1.165, 1.54) is 12.4 Å². The zero-order valence-electron chi connectivity index (χ0n) is 10.4. The van der Waals surface area contributed by atoms with Gasteiger partial charge in [0.05, 0.1) is 18.4 Å². The number of benzene rings is 1. The van der Waals surface area contributed by atoms with Gasteiger partial charge < -0.3 is 5.11 Å². The van der Waals surface area contributed by atoms with Crippen LogP contribution in [0.5, 0.6) is 0 Å². The Morgan fingerprint density at radius 1 is 1.30 bits per heavy atom. The van der Waals surface area contributed by atoms with Crippen LogP contribution in [-0.4, -0.2) is 35.0 Å². The number of rotatable bonds is 6. The van der Waals surface area contributed by atoms with Gasteiger partial charge in [-0.3, -0.25) is 14.2 Å². The van der Waals surface area contributed by atoms with E-state index in [9.17, 15) is 13.2 Å². The molecule has 1 aromatic carbocycles. The summed E-state index contributed by atoms with van der Waals surface area (Å²) in [5.74, 6) is -2.38. The van der Waals surface area contributed by atoms with Crippen molar-refractivity contribution in [2.45, 2.75) is 6.54 Å². The lowest BCUT2D eigenvalue weighted by Gasteiger charge is -2.03. The molecular formula is C12H13N3O4S. The Morgan fingerprint density at radius 2 is 2.00 bits per heavy atom. The Hall–Kier alpha value is -2.35. The van der Waals surface area contributed by atoms with E-state index in [2.05, 4.69) is 9.82 Å². The van der Waals surface area contributed by atoms with E-state index in [1.807, 2.05) is 30.3 Å². The second-order valence-electron chi connectivity index (χ2n) is 4.17. The molecular weight excluding hydrogens is 282 g/mol. The molecule has 20 heavy (non-hydrogen) atoms. The number of hydrogen-bond donors (Lipinski definition) is 2. The van der Waals surface area contributed by atoms with Gasteiger partial charge in [0.25, 0.3) is 0 Å². The molecule has 0 aliphatic carbocycles. The fraction of sp³-hybridized carbons (Fsp3) is 0.167. The average Bonchev–Trinajstić information content (AvgIpc) is 2.75. The first kappa shape index (κ1) is 14.1. The number of aliphatic carboxylic acids is 1. The fourth-order valence-corrected chi connectivity index (χ4v) is 2.51. The molecule has 0 unspecified atom stereocenters. The van der Waals surface area contributed by atoms with Gasteiger partial charge in [0.15, 0.2) is 5.75 Å². The van der Waals surface area contributed by atoms with Gasteiger partial charge in [0.2, 0.25) is 10.0 Å². The summed E-state index contributed by atoms with van der Waals surface area (Å²) >= 11 is 0. The molecule has 0 saturated heterocycles. The van der Waals surface area contributed by atoms with Crippen molar-refractivity contribution in [3.05, 3.63) is 48.3 Å². The zero-order chi connectivity index (χ0) is 14.6. The molecule has 7 nitrogen and oxygen atoms in total. The summed E-state index contributed by atoms with van der Waals surface area (Å²) in [6.07, 6.45) is 2.84. The molecule has 0 aliphatic rings. The van der Waals surface area contributed by atoms with Gasteiger partial charge in [-0.2, -0.15) is 5.10 Å². The third kappa shape index (κ3) is 4.09. The van der Waals surface area contributed by atoms with E-state index in [0.29, 0.717) is 6.54 Å². The molecule has 2 rings (SSSR count). The molecule has 0 amide bonds. The number of anilines is 1. The molecule has 0 bridgehead atoms. The summed E-state index contributed by atoms with van der Waals surface area (Å²) in [5, 5.41) is 12.5. The predicted molar refractivity (Wildman–Crippen MR) is 72.8 cm³/mol. The largest absolute Gasteiger partial charge is 0.480 e. The maximum Gasteiger partial charge on any atom is 0.320 e. The molecule has 1 aromatic heterocycles. The van der Waals surface area contributed by atoms with Crippen molar-refractivity contribution in [3.8, 4) is 0 Å². The lowest BCUT2D eigenvalue weighted by Crippen LogP contribution is -2.22. The summed E-state index contributed by atoms with van der Waals surface area (Å²) in [6.45, 7) is 0.501. The van der Waals surface area contributed by atoms with Crippen LogP contribution in [0.25, 0.3) is 0 Å².